The Balaban J connectivity index is 2.40. The van der Waals surface area contributed by atoms with Crippen molar-refractivity contribution >= 4 is 0 Å². The monoisotopic (exact) mass is 193 g/mol. The van der Waals surface area contributed by atoms with Crippen molar-refractivity contribution in [3.63, 3.8) is 0 Å². The highest BCUT2D eigenvalue weighted by Crippen LogP contribution is 2.31. The van der Waals surface area contributed by atoms with E-state index in [1.54, 1.807) is 0 Å². The lowest BCUT2D eigenvalue weighted by Gasteiger charge is -2.20. The van der Waals surface area contributed by atoms with Crippen molar-refractivity contribution < 1.29 is 0 Å². The van der Waals surface area contributed by atoms with Gasteiger partial charge in [-0.15, -0.1) is 0 Å². The molecule has 14 heavy (non-hydrogen) atoms. The molecule has 0 bridgehead atoms. The van der Waals surface area contributed by atoms with Gasteiger partial charge in [-0.05, 0) is 19.8 Å². The molecule has 0 radical (unpaired) electrons. The van der Waals surface area contributed by atoms with Gasteiger partial charge in [0.25, 0.3) is 0 Å². The van der Waals surface area contributed by atoms with Crippen molar-refractivity contribution in [2.75, 3.05) is 0 Å². The first-order chi connectivity index (χ1) is 6.77. The second-order valence-corrected chi connectivity index (χ2v) is 5.00. The molecule has 1 fully saturated rings. The summed E-state index contributed by atoms with van der Waals surface area (Å²) in [6.45, 7) is 2.14. The van der Waals surface area contributed by atoms with Crippen LogP contribution in [0, 0.1) is 16.7 Å². The molecule has 0 saturated heterocycles. The number of nitrogens with zero attached hydrogens (tertiary/aromatic N) is 1. The van der Waals surface area contributed by atoms with Gasteiger partial charge in [-0.2, -0.15) is 5.26 Å². The standard InChI is InChI=1S/C13H23N/c1-13(12-14)10-8-6-4-2-3-5-7-9-11-13/h2-11H2,1H3. The lowest BCUT2D eigenvalue weighted by molar-refractivity contribution is 0.345. The fourth-order valence-electron chi connectivity index (χ4n) is 2.33. The molecule has 1 saturated carbocycles. The van der Waals surface area contributed by atoms with Gasteiger partial charge >= 0.3 is 0 Å². The maximum atomic E-state index is 9.15. The summed E-state index contributed by atoms with van der Waals surface area (Å²) < 4.78 is 0. The topological polar surface area (TPSA) is 23.8 Å². The molecule has 1 aliphatic rings. The molecule has 0 N–H and O–H groups in total. The van der Waals surface area contributed by atoms with Gasteiger partial charge in [0.2, 0.25) is 0 Å². The Morgan fingerprint density at radius 1 is 0.786 bits per heavy atom. The molecule has 0 aromatic rings. The molecule has 0 aromatic carbocycles. The molecule has 1 aliphatic carbocycles. The highest BCUT2D eigenvalue weighted by molar-refractivity contribution is 4.95. The van der Waals surface area contributed by atoms with Crippen LogP contribution in [0.4, 0.5) is 0 Å². The molecular weight excluding hydrogens is 170 g/mol. The van der Waals surface area contributed by atoms with E-state index < -0.39 is 0 Å². The van der Waals surface area contributed by atoms with Crippen molar-refractivity contribution in [3.8, 4) is 6.07 Å². The number of hydrogen-bond donors (Lipinski definition) is 0. The third-order valence-corrected chi connectivity index (χ3v) is 3.48. The van der Waals surface area contributed by atoms with Crippen LogP contribution in [0.3, 0.4) is 0 Å². The summed E-state index contributed by atoms with van der Waals surface area (Å²) in [5, 5.41) is 9.15. The Morgan fingerprint density at radius 2 is 1.14 bits per heavy atom. The van der Waals surface area contributed by atoms with Crippen molar-refractivity contribution in [3.05, 3.63) is 0 Å². The number of hydrogen-bond acceptors (Lipinski definition) is 1. The Morgan fingerprint density at radius 3 is 1.50 bits per heavy atom. The average molecular weight is 193 g/mol. The Labute approximate surface area is 88.5 Å². The van der Waals surface area contributed by atoms with Crippen molar-refractivity contribution in [1.82, 2.24) is 0 Å². The highest BCUT2D eigenvalue weighted by atomic mass is 14.3. The minimum Gasteiger partial charge on any atom is -0.198 e. The first-order valence-electron chi connectivity index (χ1n) is 6.18. The van der Waals surface area contributed by atoms with Crippen molar-refractivity contribution in [1.29, 1.82) is 5.26 Å². The third kappa shape index (κ3) is 4.13. The smallest absolute Gasteiger partial charge is 0.0686 e. The summed E-state index contributed by atoms with van der Waals surface area (Å²) in [6.07, 6.45) is 13.0. The lowest BCUT2D eigenvalue weighted by Crippen LogP contribution is -2.13. The van der Waals surface area contributed by atoms with Gasteiger partial charge in [0, 0.05) is 0 Å². The molecule has 0 spiro atoms. The molecule has 0 aliphatic heterocycles. The van der Waals surface area contributed by atoms with Gasteiger partial charge in [-0.25, -0.2) is 0 Å². The van der Waals surface area contributed by atoms with E-state index in [-0.39, 0.29) is 5.41 Å². The highest BCUT2D eigenvalue weighted by Gasteiger charge is 2.22. The molecule has 1 nitrogen and oxygen atoms in total. The Bertz CT molecular complexity index is 178. The number of rotatable bonds is 0. The molecule has 0 unspecified atom stereocenters. The van der Waals surface area contributed by atoms with Crippen LogP contribution in [-0.4, -0.2) is 0 Å². The van der Waals surface area contributed by atoms with Crippen molar-refractivity contribution in [2.45, 2.75) is 71.1 Å². The zero-order valence-corrected chi connectivity index (χ0v) is 9.52. The zero-order valence-electron chi connectivity index (χ0n) is 9.52. The summed E-state index contributed by atoms with van der Waals surface area (Å²) in [6, 6.07) is 2.52. The van der Waals surface area contributed by atoms with E-state index in [9.17, 15) is 0 Å². The molecule has 0 atom stereocenters. The fourth-order valence-corrected chi connectivity index (χ4v) is 2.33. The minimum absolute atomic E-state index is 0.0235. The van der Waals surface area contributed by atoms with Gasteiger partial charge < -0.3 is 0 Å². The molecule has 80 valence electrons. The second kappa shape index (κ2) is 6.06. The van der Waals surface area contributed by atoms with E-state index in [1.807, 2.05) is 0 Å². The maximum absolute atomic E-state index is 9.15. The molecule has 0 amide bonds. The Hall–Kier alpha value is -0.510. The SMILES string of the molecule is CC1(C#N)CCCCCCCCCC1. The maximum Gasteiger partial charge on any atom is 0.0686 e. The van der Waals surface area contributed by atoms with Crippen LogP contribution in [-0.2, 0) is 0 Å². The van der Waals surface area contributed by atoms with Crippen LogP contribution in [0.1, 0.15) is 71.1 Å². The van der Waals surface area contributed by atoms with E-state index in [4.69, 9.17) is 5.26 Å². The van der Waals surface area contributed by atoms with E-state index in [0.717, 1.165) is 12.8 Å². The van der Waals surface area contributed by atoms with E-state index >= 15 is 0 Å². The third-order valence-electron chi connectivity index (χ3n) is 3.48. The van der Waals surface area contributed by atoms with Gasteiger partial charge in [-0.3, -0.25) is 0 Å². The van der Waals surface area contributed by atoms with E-state index in [1.165, 1.54) is 51.4 Å². The summed E-state index contributed by atoms with van der Waals surface area (Å²) in [5.74, 6) is 0. The summed E-state index contributed by atoms with van der Waals surface area (Å²) >= 11 is 0. The second-order valence-electron chi connectivity index (χ2n) is 5.00. The summed E-state index contributed by atoms with van der Waals surface area (Å²) in [4.78, 5) is 0. The molecule has 1 rings (SSSR count). The summed E-state index contributed by atoms with van der Waals surface area (Å²) in [5.41, 5.74) is -0.0235. The molecule has 1 heteroatoms. The van der Waals surface area contributed by atoms with Gasteiger partial charge in [0.1, 0.15) is 0 Å². The van der Waals surface area contributed by atoms with E-state index in [0.29, 0.717) is 0 Å². The normalized spacial score (nSPS) is 24.6. The Kier molecular flexibility index (Phi) is 5.01. The molecule has 0 aromatic heterocycles. The quantitative estimate of drug-likeness (QED) is 0.558. The van der Waals surface area contributed by atoms with E-state index in [2.05, 4.69) is 13.0 Å². The van der Waals surface area contributed by atoms with Crippen LogP contribution < -0.4 is 0 Å². The minimum atomic E-state index is -0.0235. The molecular formula is C13H23N. The first kappa shape index (κ1) is 11.6. The average Bonchev–Trinajstić information content (AvgIpc) is 2.24. The molecule has 0 heterocycles. The van der Waals surface area contributed by atoms with Crippen LogP contribution in [0.2, 0.25) is 0 Å². The van der Waals surface area contributed by atoms with Gasteiger partial charge in [-0.1, -0.05) is 51.4 Å². The fraction of sp³-hybridized carbons (Fsp3) is 0.923. The van der Waals surface area contributed by atoms with Gasteiger partial charge in [0.05, 0.1) is 11.5 Å². The van der Waals surface area contributed by atoms with Crippen LogP contribution in [0.15, 0.2) is 0 Å². The zero-order chi connectivity index (χ0) is 10.3. The lowest BCUT2D eigenvalue weighted by atomic mass is 9.81. The van der Waals surface area contributed by atoms with Crippen molar-refractivity contribution in [2.24, 2.45) is 5.41 Å². The predicted molar refractivity (Wildman–Crippen MR) is 59.9 cm³/mol. The predicted octanol–water partition coefficient (Wildman–Crippen LogP) is 4.43. The first-order valence-corrected chi connectivity index (χ1v) is 6.18. The van der Waals surface area contributed by atoms with Crippen LogP contribution in [0.5, 0.6) is 0 Å². The summed E-state index contributed by atoms with van der Waals surface area (Å²) in [7, 11) is 0. The number of nitriles is 1. The largest absolute Gasteiger partial charge is 0.198 e. The van der Waals surface area contributed by atoms with Gasteiger partial charge in [0.15, 0.2) is 0 Å². The van der Waals surface area contributed by atoms with Crippen LogP contribution in [0.25, 0.3) is 0 Å². The van der Waals surface area contributed by atoms with Crippen LogP contribution >= 0.6 is 0 Å².